The summed E-state index contributed by atoms with van der Waals surface area (Å²) in [5.74, 6) is -0.183. The number of imide groups is 1. The lowest BCUT2D eigenvalue weighted by molar-refractivity contribution is -0.142. The molecule has 0 atom stereocenters. The molecule has 0 bridgehead atoms. The number of thiophene rings is 1. The number of carbonyl (C=O) groups is 2. The summed E-state index contributed by atoms with van der Waals surface area (Å²) in [5, 5.41) is 1.97. The van der Waals surface area contributed by atoms with E-state index < -0.39 is 10.8 Å². The van der Waals surface area contributed by atoms with E-state index in [4.69, 9.17) is 0 Å². The quantitative estimate of drug-likeness (QED) is 0.796. The molecule has 0 radical (unpaired) electrons. The van der Waals surface area contributed by atoms with Crippen LogP contribution >= 0.6 is 11.3 Å². The van der Waals surface area contributed by atoms with E-state index in [1.165, 1.54) is 4.90 Å². The molecule has 0 spiro atoms. The van der Waals surface area contributed by atoms with E-state index in [0.717, 1.165) is 16.0 Å². The molecule has 2 amide bonds. The third-order valence-corrected chi connectivity index (χ3v) is 5.70. The predicted octanol–water partition coefficient (Wildman–Crippen LogP) is 3.70. The van der Waals surface area contributed by atoms with Crippen LogP contribution < -0.4 is 0 Å². The maximum Gasteiger partial charge on any atom is 0.236 e. The van der Waals surface area contributed by atoms with Crippen molar-refractivity contribution in [3.05, 3.63) is 28.5 Å². The van der Waals surface area contributed by atoms with Crippen molar-refractivity contribution < 1.29 is 9.59 Å². The molecule has 0 aliphatic carbocycles. The van der Waals surface area contributed by atoms with Gasteiger partial charge in [0.25, 0.3) is 0 Å². The fourth-order valence-electron chi connectivity index (χ4n) is 2.45. The van der Waals surface area contributed by atoms with Crippen LogP contribution in [0.2, 0.25) is 0 Å². The Morgan fingerprint density at radius 1 is 1.20 bits per heavy atom. The number of hydrogen-bond acceptors (Lipinski definition) is 3. The lowest BCUT2D eigenvalue weighted by Crippen LogP contribution is -2.35. The summed E-state index contributed by atoms with van der Waals surface area (Å²) < 4.78 is 0. The van der Waals surface area contributed by atoms with Gasteiger partial charge in [-0.2, -0.15) is 0 Å². The average molecular weight is 291 g/mol. The van der Waals surface area contributed by atoms with Gasteiger partial charge in [-0.1, -0.05) is 6.58 Å². The Kier molecular flexibility index (Phi) is 3.41. The first kappa shape index (κ1) is 15.0. The monoisotopic (exact) mass is 291 g/mol. The van der Waals surface area contributed by atoms with E-state index in [1.807, 2.05) is 46.1 Å². The number of likely N-dealkylation sites (tertiary alicyclic amines) is 1. The highest BCUT2D eigenvalue weighted by atomic mass is 32.1. The van der Waals surface area contributed by atoms with Gasteiger partial charge < -0.3 is 0 Å². The van der Waals surface area contributed by atoms with Crippen LogP contribution in [0.3, 0.4) is 0 Å². The van der Waals surface area contributed by atoms with Gasteiger partial charge in [-0.05, 0) is 57.2 Å². The van der Waals surface area contributed by atoms with Gasteiger partial charge in [-0.25, -0.2) is 0 Å². The second-order valence-electron chi connectivity index (χ2n) is 6.50. The normalized spacial score (nSPS) is 20.6. The minimum absolute atomic E-state index is 0.0913. The predicted molar refractivity (Wildman–Crippen MR) is 82.1 cm³/mol. The van der Waals surface area contributed by atoms with Crippen molar-refractivity contribution >= 4 is 28.7 Å². The Labute approximate surface area is 124 Å². The minimum atomic E-state index is -0.663. The van der Waals surface area contributed by atoms with Crippen LogP contribution in [0.15, 0.2) is 18.0 Å². The van der Waals surface area contributed by atoms with Crippen molar-refractivity contribution in [2.45, 2.75) is 41.2 Å². The van der Waals surface area contributed by atoms with Crippen molar-refractivity contribution in [3.63, 3.8) is 0 Å². The molecule has 1 aliphatic heterocycles. The number of nitrogens with zero attached hydrogens (tertiary/aromatic N) is 1. The van der Waals surface area contributed by atoms with Crippen molar-refractivity contribution in [3.8, 4) is 0 Å². The number of carbonyl (C=O) groups excluding carboxylic acids is 2. The fraction of sp³-hybridized carbons (Fsp3) is 0.500. The molecule has 1 fully saturated rings. The van der Waals surface area contributed by atoms with E-state index >= 15 is 0 Å². The van der Waals surface area contributed by atoms with Crippen LogP contribution in [0.25, 0.3) is 5.57 Å². The first-order chi connectivity index (χ1) is 9.10. The van der Waals surface area contributed by atoms with Crippen LogP contribution in [0.5, 0.6) is 0 Å². The van der Waals surface area contributed by atoms with E-state index in [2.05, 4.69) is 6.58 Å². The van der Waals surface area contributed by atoms with Crippen molar-refractivity contribution in [2.75, 3.05) is 0 Å². The van der Waals surface area contributed by atoms with Crippen LogP contribution in [0.4, 0.5) is 0 Å². The summed E-state index contributed by atoms with van der Waals surface area (Å²) in [6, 6.07) is 1.97. The molecule has 2 heterocycles. The Hall–Kier alpha value is -1.42. The molecule has 0 saturated carbocycles. The van der Waals surface area contributed by atoms with Gasteiger partial charge in [-0.3, -0.25) is 14.5 Å². The topological polar surface area (TPSA) is 37.4 Å². The van der Waals surface area contributed by atoms with E-state index in [0.29, 0.717) is 6.54 Å². The second kappa shape index (κ2) is 4.55. The van der Waals surface area contributed by atoms with Crippen molar-refractivity contribution in [1.82, 2.24) is 4.90 Å². The molecule has 1 aromatic rings. The lowest BCUT2D eigenvalue weighted by atomic mass is 9.70. The standard InChI is InChI=1S/C16H21NO2S/c1-10(2)12-11(7-8-20-12)9-17-13(18)15(3,4)16(5,6)14(17)19/h7-8H,1,9H2,2-6H3. The summed E-state index contributed by atoms with van der Waals surface area (Å²) >= 11 is 1.59. The molecule has 1 aliphatic rings. The Morgan fingerprint density at radius 2 is 1.70 bits per heavy atom. The van der Waals surface area contributed by atoms with Gasteiger partial charge in [0, 0.05) is 4.88 Å². The average Bonchev–Trinajstić information content (AvgIpc) is 2.85. The Bertz CT molecular complexity index is 569. The maximum atomic E-state index is 12.5. The largest absolute Gasteiger partial charge is 0.277 e. The highest BCUT2D eigenvalue weighted by molar-refractivity contribution is 7.11. The third-order valence-electron chi connectivity index (χ3n) is 4.58. The molecular weight excluding hydrogens is 270 g/mol. The van der Waals surface area contributed by atoms with Crippen molar-refractivity contribution in [1.29, 1.82) is 0 Å². The van der Waals surface area contributed by atoms with E-state index in [9.17, 15) is 9.59 Å². The molecule has 3 nitrogen and oxygen atoms in total. The SMILES string of the molecule is C=C(C)c1sccc1CN1C(=O)C(C)(C)C(C)(C)C1=O. The molecule has 0 unspecified atom stereocenters. The van der Waals surface area contributed by atoms with Crippen LogP contribution in [0.1, 0.15) is 45.1 Å². The number of amides is 2. The van der Waals surface area contributed by atoms with Crippen LogP contribution in [-0.4, -0.2) is 16.7 Å². The molecule has 4 heteroatoms. The summed E-state index contributed by atoms with van der Waals surface area (Å²) in [6.07, 6.45) is 0. The van der Waals surface area contributed by atoms with Gasteiger partial charge in [0.2, 0.25) is 11.8 Å². The van der Waals surface area contributed by atoms with E-state index in [1.54, 1.807) is 11.3 Å². The van der Waals surface area contributed by atoms with Gasteiger partial charge in [0.05, 0.1) is 17.4 Å². The van der Waals surface area contributed by atoms with Gasteiger partial charge in [0.15, 0.2) is 0 Å². The Balaban J connectivity index is 2.36. The zero-order chi connectivity index (χ0) is 15.3. The van der Waals surface area contributed by atoms with Crippen LogP contribution in [0, 0.1) is 10.8 Å². The van der Waals surface area contributed by atoms with Crippen molar-refractivity contribution in [2.24, 2.45) is 10.8 Å². The smallest absolute Gasteiger partial charge is 0.236 e. The summed E-state index contributed by atoms with van der Waals surface area (Å²) in [4.78, 5) is 27.6. The summed E-state index contributed by atoms with van der Waals surface area (Å²) in [6.45, 7) is 13.6. The molecule has 1 saturated heterocycles. The Morgan fingerprint density at radius 3 is 2.15 bits per heavy atom. The first-order valence-corrected chi connectivity index (χ1v) is 7.57. The van der Waals surface area contributed by atoms with Gasteiger partial charge >= 0.3 is 0 Å². The number of hydrogen-bond donors (Lipinski definition) is 0. The number of rotatable bonds is 3. The third kappa shape index (κ3) is 1.94. The molecule has 0 aromatic carbocycles. The zero-order valence-electron chi connectivity index (χ0n) is 12.7. The molecule has 0 N–H and O–H groups in total. The first-order valence-electron chi connectivity index (χ1n) is 6.69. The second-order valence-corrected chi connectivity index (χ2v) is 7.42. The molecule has 2 rings (SSSR count). The highest BCUT2D eigenvalue weighted by Gasteiger charge is 2.59. The molecular formula is C16H21NO2S. The van der Waals surface area contributed by atoms with Gasteiger partial charge in [0.1, 0.15) is 0 Å². The van der Waals surface area contributed by atoms with E-state index in [-0.39, 0.29) is 11.8 Å². The number of allylic oxidation sites excluding steroid dienone is 1. The zero-order valence-corrected chi connectivity index (χ0v) is 13.6. The minimum Gasteiger partial charge on any atom is -0.277 e. The molecule has 108 valence electrons. The highest BCUT2D eigenvalue weighted by Crippen LogP contribution is 2.47. The van der Waals surface area contributed by atoms with Crippen LogP contribution in [-0.2, 0) is 16.1 Å². The molecule has 20 heavy (non-hydrogen) atoms. The maximum absolute atomic E-state index is 12.5. The van der Waals surface area contributed by atoms with Gasteiger partial charge in [-0.15, -0.1) is 11.3 Å². The summed E-state index contributed by atoms with van der Waals surface area (Å²) in [5.41, 5.74) is 0.637. The lowest BCUT2D eigenvalue weighted by Gasteiger charge is -2.28. The summed E-state index contributed by atoms with van der Waals surface area (Å²) in [7, 11) is 0. The fourth-order valence-corrected chi connectivity index (χ4v) is 3.30. The molecule has 1 aromatic heterocycles.